The SMILES string of the molecule is COc1ccc(N)c(C(=O)N(C)CCO)c1. The topological polar surface area (TPSA) is 75.8 Å². The molecule has 0 heterocycles. The van der Waals surface area contributed by atoms with Crippen molar-refractivity contribution in [1.29, 1.82) is 0 Å². The van der Waals surface area contributed by atoms with Crippen LogP contribution in [0, 0.1) is 0 Å². The standard InChI is InChI=1S/C11H16N2O3/c1-13(5-6-14)11(15)9-7-8(16-2)3-4-10(9)12/h3-4,7,14H,5-6,12H2,1-2H3. The van der Waals surface area contributed by atoms with Crippen LogP contribution in [0.4, 0.5) is 5.69 Å². The molecule has 0 radical (unpaired) electrons. The van der Waals surface area contributed by atoms with E-state index in [-0.39, 0.29) is 19.1 Å². The zero-order chi connectivity index (χ0) is 12.1. The van der Waals surface area contributed by atoms with E-state index in [2.05, 4.69) is 0 Å². The van der Waals surface area contributed by atoms with Gasteiger partial charge in [-0.2, -0.15) is 0 Å². The quantitative estimate of drug-likeness (QED) is 0.723. The number of nitrogens with two attached hydrogens (primary N) is 1. The number of anilines is 1. The number of methoxy groups -OCH3 is 1. The van der Waals surface area contributed by atoms with Crippen LogP contribution in [0.1, 0.15) is 10.4 Å². The Morgan fingerprint density at radius 1 is 1.56 bits per heavy atom. The number of ether oxygens (including phenoxy) is 1. The monoisotopic (exact) mass is 224 g/mol. The molecule has 1 aromatic rings. The van der Waals surface area contributed by atoms with Gasteiger partial charge in [0.25, 0.3) is 5.91 Å². The molecule has 0 unspecified atom stereocenters. The molecule has 0 bridgehead atoms. The molecule has 3 N–H and O–H groups in total. The second-order valence-electron chi connectivity index (χ2n) is 3.40. The van der Waals surface area contributed by atoms with E-state index in [1.165, 1.54) is 12.0 Å². The third kappa shape index (κ3) is 2.64. The average molecular weight is 224 g/mol. The van der Waals surface area contributed by atoms with Crippen molar-refractivity contribution in [2.24, 2.45) is 0 Å². The molecule has 1 aromatic carbocycles. The predicted molar refractivity (Wildman–Crippen MR) is 61.5 cm³/mol. The summed E-state index contributed by atoms with van der Waals surface area (Å²) in [5.41, 5.74) is 6.50. The number of carbonyl (C=O) groups is 1. The van der Waals surface area contributed by atoms with Gasteiger partial charge in [-0.3, -0.25) is 4.79 Å². The zero-order valence-electron chi connectivity index (χ0n) is 9.43. The largest absolute Gasteiger partial charge is 0.497 e. The molecule has 0 aliphatic carbocycles. The fraction of sp³-hybridized carbons (Fsp3) is 0.364. The second-order valence-corrected chi connectivity index (χ2v) is 3.40. The number of likely N-dealkylation sites (N-methyl/N-ethyl adjacent to an activating group) is 1. The van der Waals surface area contributed by atoms with E-state index in [9.17, 15) is 4.79 Å². The Hall–Kier alpha value is -1.75. The van der Waals surface area contributed by atoms with Gasteiger partial charge in [-0.15, -0.1) is 0 Å². The molecule has 5 nitrogen and oxygen atoms in total. The van der Waals surface area contributed by atoms with Gasteiger partial charge in [-0.1, -0.05) is 0 Å². The van der Waals surface area contributed by atoms with Gasteiger partial charge >= 0.3 is 0 Å². The maximum atomic E-state index is 11.9. The first-order valence-electron chi connectivity index (χ1n) is 4.90. The van der Waals surface area contributed by atoms with E-state index < -0.39 is 0 Å². The Bertz CT molecular complexity index is 379. The van der Waals surface area contributed by atoms with Gasteiger partial charge in [0.1, 0.15) is 5.75 Å². The summed E-state index contributed by atoms with van der Waals surface area (Å²) in [5.74, 6) is 0.348. The van der Waals surface area contributed by atoms with Crippen molar-refractivity contribution in [3.05, 3.63) is 23.8 Å². The summed E-state index contributed by atoms with van der Waals surface area (Å²) in [5, 5.41) is 8.75. The number of carbonyl (C=O) groups excluding carboxylic acids is 1. The number of hydrogen-bond acceptors (Lipinski definition) is 4. The lowest BCUT2D eigenvalue weighted by Gasteiger charge is -2.17. The second kappa shape index (κ2) is 5.37. The normalized spacial score (nSPS) is 9.94. The van der Waals surface area contributed by atoms with Crippen LogP contribution in [0.25, 0.3) is 0 Å². The molecule has 16 heavy (non-hydrogen) atoms. The summed E-state index contributed by atoms with van der Waals surface area (Å²) in [6.45, 7) is 0.196. The van der Waals surface area contributed by atoms with E-state index in [4.69, 9.17) is 15.6 Å². The smallest absolute Gasteiger partial charge is 0.255 e. The van der Waals surface area contributed by atoms with Crippen LogP contribution in [0.15, 0.2) is 18.2 Å². The lowest BCUT2D eigenvalue weighted by atomic mass is 10.1. The number of hydrogen-bond donors (Lipinski definition) is 2. The van der Waals surface area contributed by atoms with Crippen LogP contribution in [0.5, 0.6) is 5.75 Å². The number of aliphatic hydroxyl groups excluding tert-OH is 1. The fourth-order valence-electron chi connectivity index (χ4n) is 1.30. The van der Waals surface area contributed by atoms with Crippen molar-refractivity contribution >= 4 is 11.6 Å². The number of rotatable bonds is 4. The average Bonchev–Trinajstić information content (AvgIpc) is 2.29. The van der Waals surface area contributed by atoms with Gasteiger partial charge in [0.05, 0.1) is 19.3 Å². The summed E-state index contributed by atoms with van der Waals surface area (Å²) in [4.78, 5) is 13.3. The molecule has 0 fully saturated rings. The maximum absolute atomic E-state index is 11.9. The van der Waals surface area contributed by atoms with E-state index in [1.54, 1.807) is 25.2 Å². The predicted octanol–water partition coefficient (Wildman–Crippen LogP) is 0.342. The third-order valence-electron chi connectivity index (χ3n) is 2.27. The minimum absolute atomic E-state index is 0.0773. The van der Waals surface area contributed by atoms with Gasteiger partial charge in [-0.05, 0) is 18.2 Å². The molecule has 0 spiro atoms. The van der Waals surface area contributed by atoms with Gasteiger partial charge in [-0.25, -0.2) is 0 Å². The first-order valence-corrected chi connectivity index (χ1v) is 4.90. The van der Waals surface area contributed by atoms with E-state index in [0.29, 0.717) is 17.0 Å². The molecule has 0 saturated carbocycles. The van der Waals surface area contributed by atoms with Crippen molar-refractivity contribution in [2.75, 3.05) is 33.0 Å². The highest BCUT2D eigenvalue weighted by Gasteiger charge is 2.14. The van der Waals surface area contributed by atoms with Crippen LogP contribution in [-0.2, 0) is 0 Å². The van der Waals surface area contributed by atoms with Crippen LogP contribution in [0.3, 0.4) is 0 Å². The molecule has 88 valence electrons. The molecule has 0 atom stereocenters. The number of nitrogen functional groups attached to an aromatic ring is 1. The zero-order valence-corrected chi connectivity index (χ0v) is 9.43. The number of amides is 1. The van der Waals surface area contributed by atoms with Crippen LogP contribution in [-0.4, -0.2) is 43.2 Å². The Labute approximate surface area is 94.4 Å². The lowest BCUT2D eigenvalue weighted by molar-refractivity contribution is 0.0767. The Balaban J connectivity index is 2.97. The Morgan fingerprint density at radius 3 is 2.81 bits per heavy atom. The molecule has 1 amide bonds. The van der Waals surface area contributed by atoms with E-state index >= 15 is 0 Å². The van der Waals surface area contributed by atoms with E-state index in [0.717, 1.165) is 0 Å². The van der Waals surface area contributed by atoms with Gasteiger partial charge < -0.3 is 20.5 Å². The molecule has 1 rings (SSSR count). The number of nitrogens with zero attached hydrogens (tertiary/aromatic N) is 1. The molecule has 0 aromatic heterocycles. The molecule has 0 saturated heterocycles. The first kappa shape index (κ1) is 12.3. The Kier molecular flexibility index (Phi) is 4.13. The highest BCUT2D eigenvalue weighted by Crippen LogP contribution is 2.20. The maximum Gasteiger partial charge on any atom is 0.255 e. The summed E-state index contributed by atoms with van der Waals surface area (Å²) in [6.07, 6.45) is 0. The fourth-order valence-corrected chi connectivity index (χ4v) is 1.30. The minimum atomic E-state index is -0.231. The lowest BCUT2D eigenvalue weighted by Crippen LogP contribution is -2.30. The third-order valence-corrected chi connectivity index (χ3v) is 2.27. The number of benzene rings is 1. The molecular formula is C11H16N2O3. The van der Waals surface area contributed by atoms with Gasteiger partial charge in [0.2, 0.25) is 0 Å². The summed E-state index contributed by atoms with van der Waals surface area (Å²) in [6, 6.07) is 4.91. The van der Waals surface area contributed by atoms with Crippen LogP contribution >= 0.6 is 0 Å². The van der Waals surface area contributed by atoms with Crippen LogP contribution < -0.4 is 10.5 Å². The van der Waals surface area contributed by atoms with Crippen molar-refractivity contribution in [1.82, 2.24) is 4.90 Å². The van der Waals surface area contributed by atoms with E-state index in [1.807, 2.05) is 0 Å². The van der Waals surface area contributed by atoms with Crippen molar-refractivity contribution in [3.63, 3.8) is 0 Å². The highest BCUT2D eigenvalue weighted by molar-refractivity contribution is 5.99. The first-order chi connectivity index (χ1) is 7.60. The summed E-state index contributed by atoms with van der Waals surface area (Å²) >= 11 is 0. The number of aliphatic hydroxyl groups is 1. The van der Waals surface area contributed by atoms with Crippen LogP contribution in [0.2, 0.25) is 0 Å². The van der Waals surface area contributed by atoms with Crippen molar-refractivity contribution in [2.45, 2.75) is 0 Å². The van der Waals surface area contributed by atoms with Crippen molar-refractivity contribution in [3.8, 4) is 5.75 Å². The molecule has 0 aliphatic rings. The minimum Gasteiger partial charge on any atom is -0.497 e. The summed E-state index contributed by atoms with van der Waals surface area (Å²) in [7, 11) is 3.13. The molecule has 0 aliphatic heterocycles. The van der Waals surface area contributed by atoms with Crippen molar-refractivity contribution < 1.29 is 14.6 Å². The molecular weight excluding hydrogens is 208 g/mol. The Morgan fingerprint density at radius 2 is 2.25 bits per heavy atom. The summed E-state index contributed by atoms with van der Waals surface area (Å²) < 4.78 is 5.02. The van der Waals surface area contributed by atoms with Gasteiger partial charge in [0.15, 0.2) is 0 Å². The molecule has 5 heteroatoms. The van der Waals surface area contributed by atoms with Gasteiger partial charge in [0, 0.05) is 19.3 Å². The highest BCUT2D eigenvalue weighted by atomic mass is 16.5.